The van der Waals surface area contributed by atoms with E-state index in [4.69, 9.17) is 23.2 Å². The molecule has 0 spiro atoms. The number of benzene rings is 1. The number of nitrogens with zero attached hydrogens (tertiary/aromatic N) is 2. The quantitative estimate of drug-likeness (QED) is 0.767. The second kappa shape index (κ2) is 7.68. The molecule has 1 amide bonds. The van der Waals surface area contributed by atoms with Crippen molar-refractivity contribution in [2.45, 2.75) is 32.2 Å². The fraction of sp³-hybridized carbons (Fsp3) is 0.333. The molecule has 1 aliphatic heterocycles. The number of phenolic OH excluding ortho intramolecular Hbond substituents is 2. The summed E-state index contributed by atoms with van der Waals surface area (Å²) in [5.74, 6) is -1.33. The minimum absolute atomic E-state index is 0.0231. The van der Waals surface area contributed by atoms with Crippen molar-refractivity contribution in [2.75, 3.05) is 6.54 Å². The summed E-state index contributed by atoms with van der Waals surface area (Å²) in [6.45, 7) is 0.691. The van der Waals surface area contributed by atoms with Gasteiger partial charge in [0.1, 0.15) is 5.82 Å². The molecule has 0 saturated carbocycles. The molecule has 5 nitrogen and oxygen atoms in total. The third-order valence-corrected chi connectivity index (χ3v) is 5.29. The lowest BCUT2D eigenvalue weighted by Crippen LogP contribution is -2.36. The van der Waals surface area contributed by atoms with E-state index in [1.54, 1.807) is 11.0 Å². The van der Waals surface area contributed by atoms with E-state index in [0.29, 0.717) is 43.4 Å². The number of fused-ring (bicyclic) bond motifs is 1. The van der Waals surface area contributed by atoms with Crippen LogP contribution in [0.25, 0.3) is 0 Å². The molecular weight excluding hydrogens is 382 g/mol. The molecule has 26 heavy (non-hydrogen) atoms. The van der Waals surface area contributed by atoms with Gasteiger partial charge in [0.2, 0.25) is 5.91 Å². The second-order valence-corrected chi connectivity index (χ2v) is 6.92. The maximum Gasteiger partial charge on any atom is 0.222 e. The van der Waals surface area contributed by atoms with Gasteiger partial charge in [0.15, 0.2) is 11.5 Å². The summed E-state index contributed by atoms with van der Waals surface area (Å²) in [5.41, 5.74) is 1.96. The van der Waals surface area contributed by atoms with Gasteiger partial charge >= 0.3 is 0 Å². The number of phenols is 2. The van der Waals surface area contributed by atoms with Gasteiger partial charge in [-0.3, -0.25) is 9.78 Å². The van der Waals surface area contributed by atoms with E-state index in [0.717, 1.165) is 11.9 Å². The van der Waals surface area contributed by atoms with Crippen LogP contribution in [0.15, 0.2) is 18.3 Å². The summed E-state index contributed by atoms with van der Waals surface area (Å²) in [5, 5.41) is 19.7. The molecule has 0 fully saturated rings. The number of carbonyl (C=O) groups excluding carboxylic acids is 1. The lowest BCUT2D eigenvalue weighted by molar-refractivity contribution is -0.132. The molecule has 8 heteroatoms. The number of rotatable bonds is 4. The van der Waals surface area contributed by atoms with Crippen molar-refractivity contribution >= 4 is 29.1 Å². The van der Waals surface area contributed by atoms with E-state index in [1.165, 1.54) is 6.07 Å². The second-order valence-electron chi connectivity index (χ2n) is 6.17. The average molecular weight is 399 g/mol. The van der Waals surface area contributed by atoms with Crippen LogP contribution in [0.5, 0.6) is 11.5 Å². The monoisotopic (exact) mass is 398 g/mol. The molecule has 2 heterocycles. The summed E-state index contributed by atoms with van der Waals surface area (Å²) < 4.78 is 12.8. The number of hydrogen-bond acceptors (Lipinski definition) is 4. The highest BCUT2D eigenvalue weighted by Crippen LogP contribution is 2.46. The topological polar surface area (TPSA) is 73.7 Å². The van der Waals surface area contributed by atoms with Gasteiger partial charge in [0.25, 0.3) is 0 Å². The number of hydrogen-bond donors (Lipinski definition) is 2. The maximum absolute atomic E-state index is 12.8. The Morgan fingerprint density at radius 3 is 2.54 bits per heavy atom. The Balaban J connectivity index is 1.63. The van der Waals surface area contributed by atoms with E-state index in [-0.39, 0.29) is 28.3 Å². The van der Waals surface area contributed by atoms with Crippen molar-refractivity contribution in [2.24, 2.45) is 0 Å². The van der Waals surface area contributed by atoms with E-state index < -0.39 is 11.5 Å². The van der Waals surface area contributed by atoms with E-state index in [9.17, 15) is 19.4 Å². The first-order chi connectivity index (χ1) is 12.4. The molecule has 0 bridgehead atoms. The van der Waals surface area contributed by atoms with Gasteiger partial charge in [-0.15, -0.1) is 0 Å². The molecule has 0 unspecified atom stereocenters. The number of halogens is 3. The van der Waals surface area contributed by atoms with Crippen LogP contribution in [-0.4, -0.2) is 32.5 Å². The van der Waals surface area contributed by atoms with Crippen LogP contribution >= 0.6 is 23.2 Å². The molecule has 138 valence electrons. The molecule has 2 aromatic rings. The van der Waals surface area contributed by atoms with Crippen LogP contribution in [0.2, 0.25) is 10.0 Å². The van der Waals surface area contributed by atoms with Gasteiger partial charge < -0.3 is 15.1 Å². The van der Waals surface area contributed by atoms with Crippen molar-refractivity contribution in [3.8, 4) is 11.5 Å². The molecule has 1 aromatic heterocycles. The minimum Gasteiger partial charge on any atom is -0.503 e. The number of aromatic nitrogens is 1. The Bertz CT molecular complexity index is 844. The third-order valence-electron chi connectivity index (χ3n) is 4.48. The van der Waals surface area contributed by atoms with E-state index in [1.807, 2.05) is 0 Å². The molecule has 0 aliphatic carbocycles. The largest absolute Gasteiger partial charge is 0.503 e. The van der Waals surface area contributed by atoms with Crippen LogP contribution in [0, 0.1) is 5.82 Å². The molecule has 0 atom stereocenters. The van der Waals surface area contributed by atoms with Crippen molar-refractivity contribution in [1.82, 2.24) is 9.88 Å². The third kappa shape index (κ3) is 3.71. The maximum atomic E-state index is 12.8. The highest BCUT2D eigenvalue weighted by molar-refractivity contribution is 6.36. The number of carbonyl (C=O) groups is 1. The van der Waals surface area contributed by atoms with E-state index >= 15 is 0 Å². The summed E-state index contributed by atoms with van der Waals surface area (Å²) in [4.78, 5) is 18.1. The SMILES string of the molecule is O=C(CCCc1ccc(F)cn1)N1CCc2c(Cl)c(O)c(O)c(Cl)c2C1. The summed E-state index contributed by atoms with van der Waals surface area (Å²) >= 11 is 12.2. The summed E-state index contributed by atoms with van der Waals surface area (Å²) in [6.07, 6.45) is 3.11. The predicted molar refractivity (Wildman–Crippen MR) is 96.0 cm³/mol. The fourth-order valence-corrected chi connectivity index (χ4v) is 3.61. The molecule has 0 saturated heterocycles. The van der Waals surface area contributed by atoms with Gasteiger partial charge in [0.05, 0.1) is 16.2 Å². The van der Waals surface area contributed by atoms with Crippen molar-refractivity contribution in [3.63, 3.8) is 0 Å². The zero-order valence-corrected chi connectivity index (χ0v) is 15.3. The highest BCUT2D eigenvalue weighted by Gasteiger charge is 2.28. The first-order valence-electron chi connectivity index (χ1n) is 8.17. The number of amides is 1. The fourth-order valence-electron chi connectivity index (χ4n) is 3.05. The van der Waals surface area contributed by atoms with Crippen LogP contribution in [0.3, 0.4) is 0 Å². The average Bonchev–Trinajstić information content (AvgIpc) is 2.65. The van der Waals surface area contributed by atoms with Crippen LogP contribution in [0.4, 0.5) is 4.39 Å². The molecule has 2 N–H and O–H groups in total. The standard InChI is InChI=1S/C18H17Cl2FN2O3/c19-15-12-6-7-23(9-13(12)16(20)18(26)17(15)25)14(24)3-1-2-11-5-4-10(21)8-22-11/h4-5,8,25-26H,1-3,6-7,9H2. The number of aromatic hydroxyl groups is 2. The van der Waals surface area contributed by atoms with Gasteiger partial charge in [0, 0.05) is 25.2 Å². The Kier molecular flexibility index (Phi) is 5.53. The smallest absolute Gasteiger partial charge is 0.222 e. The normalized spacial score (nSPS) is 13.6. The molecule has 3 rings (SSSR count). The first kappa shape index (κ1) is 18.7. The van der Waals surface area contributed by atoms with E-state index in [2.05, 4.69) is 4.98 Å². The highest BCUT2D eigenvalue weighted by atomic mass is 35.5. The van der Waals surface area contributed by atoms with Gasteiger partial charge in [-0.2, -0.15) is 0 Å². The van der Waals surface area contributed by atoms with Crippen LogP contribution < -0.4 is 0 Å². The first-order valence-corrected chi connectivity index (χ1v) is 8.93. The summed E-state index contributed by atoms with van der Waals surface area (Å²) in [7, 11) is 0. The van der Waals surface area contributed by atoms with Crippen LogP contribution in [0.1, 0.15) is 29.7 Å². The van der Waals surface area contributed by atoms with Crippen molar-refractivity contribution < 1.29 is 19.4 Å². The lowest BCUT2D eigenvalue weighted by atomic mass is 9.98. The van der Waals surface area contributed by atoms with Gasteiger partial charge in [-0.25, -0.2) is 4.39 Å². The Morgan fingerprint density at radius 1 is 1.19 bits per heavy atom. The molecular formula is C18H17Cl2FN2O3. The minimum atomic E-state index is -0.466. The Morgan fingerprint density at radius 2 is 1.88 bits per heavy atom. The predicted octanol–water partition coefficient (Wildman–Crippen LogP) is 3.85. The zero-order valence-electron chi connectivity index (χ0n) is 13.8. The number of pyridine rings is 1. The number of aryl methyl sites for hydroxylation is 1. The van der Waals surface area contributed by atoms with Crippen LogP contribution in [-0.2, 0) is 24.2 Å². The lowest BCUT2D eigenvalue weighted by Gasteiger charge is -2.30. The molecule has 1 aromatic carbocycles. The van der Waals surface area contributed by atoms with Crippen molar-refractivity contribution in [3.05, 3.63) is 51.0 Å². The molecule has 1 aliphatic rings. The summed E-state index contributed by atoms with van der Waals surface area (Å²) in [6, 6.07) is 2.95. The molecule has 0 radical (unpaired) electrons. The Hall–Kier alpha value is -2.05. The van der Waals surface area contributed by atoms with Crippen molar-refractivity contribution in [1.29, 1.82) is 0 Å². The van der Waals surface area contributed by atoms with Gasteiger partial charge in [-0.05, 0) is 42.5 Å². The zero-order chi connectivity index (χ0) is 18.8. The van der Waals surface area contributed by atoms with Gasteiger partial charge in [-0.1, -0.05) is 23.2 Å². The Labute approximate surface area is 160 Å².